The van der Waals surface area contributed by atoms with Gasteiger partial charge in [-0.25, -0.2) is 4.98 Å². The number of thiazole rings is 1. The molecule has 0 saturated heterocycles. The number of nitrogens with one attached hydrogen (secondary N) is 1. The first-order chi connectivity index (χ1) is 10.9. The number of nitrogens with zero attached hydrogens (tertiary/aromatic N) is 1. The third kappa shape index (κ3) is 3.51. The summed E-state index contributed by atoms with van der Waals surface area (Å²) in [7, 11) is 0. The summed E-state index contributed by atoms with van der Waals surface area (Å²) < 4.78 is 5.07. The van der Waals surface area contributed by atoms with Gasteiger partial charge in [0.25, 0.3) is 5.91 Å². The van der Waals surface area contributed by atoms with Gasteiger partial charge in [0.15, 0.2) is 10.9 Å². The van der Waals surface area contributed by atoms with Crippen LogP contribution in [0.5, 0.6) is 0 Å². The summed E-state index contributed by atoms with van der Waals surface area (Å²) in [5, 5.41) is 5.24. The van der Waals surface area contributed by atoms with E-state index < -0.39 is 0 Å². The molecule has 23 heavy (non-hydrogen) atoms. The van der Waals surface area contributed by atoms with Gasteiger partial charge in [0, 0.05) is 10.9 Å². The molecule has 3 aromatic rings. The lowest BCUT2D eigenvalue weighted by molar-refractivity contribution is 0.0996. The van der Waals surface area contributed by atoms with Gasteiger partial charge in [0.1, 0.15) is 0 Å². The van der Waals surface area contributed by atoms with Crippen LogP contribution >= 0.6 is 11.3 Å². The zero-order valence-corrected chi connectivity index (χ0v) is 14.1. The molecule has 0 aliphatic carbocycles. The molecule has 1 aromatic carbocycles. The molecule has 4 nitrogen and oxygen atoms in total. The van der Waals surface area contributed by atoms with Crippen LogP contribution in [0.1, 0.15) is 36.9 Å². The number of aromatic nitrogens is 1. The highest BCUT2D eigenvalue weighted by molar-refractivity contribution is 7.14. The lowest BCUT2D eigenvalue weighted by atomic mass is 9.86. The van der Waals surface area contributed by atoms with Crippen molar-refractivity contribution in [1.29, 1.82) is 0 Å². The number of rotatable bonds is 3. The monoisotopic (exact) mass is 326 g/mol. The summed E-state index contributed by atoms with van der Waals surface area (Å²) in [5.74, 6) is -0.0183. The minimum atomic E-state index is -0.293. The Morgan fingerprint density at radius 3 is 2.52 bits per heavy atom. The molecule has 0 spiro atoms. The second-order valence-corrected chi connectivity index (χ2v) is 7.15. The molecular weight excluding hydrogens is 308 g/mol. The number of amides is 1. The van der Waals surface area contributed by atoms with Crippen LogP contribution in [0.4, 0.5) is 5.13 Å². The van der Waals surface area contributed by atoms with Crippen LogP contribution in [0.15, 0.2) is 52.5 Å². The van der Waals surface area contributed by atoms with E-state index in [1.165, 1.54) is 23.2 Å². The van der Waals surface area contributed by atoms with E-state index in [2.05, 4.69) is 55.3 Å². The molecule has 2 aromatic heterocycles. The van der Waals surface area contributed by atoms with Gasteiger partial charge in [-0.05, 0) is 23.1 Å². The van der Waals surface area contributed by atoms with Gasteiger partial charge in [-0.1, -0.05) is 45.0 Å². The maximum Gasteiger partial charge on any atom is 0.293 e. The number of carbonyl (C=O) groups excluding carboxylic acids is 1. The van der Waals surface area contributed by atoms with Crippen LogP contribution in [0.2, 0.25) is 0 Å². The second kappa shape index (κ2) is 6.01. The lowest BCUT2D eigenvalue weighted by Crippen LogP contribution is -2.10. The van der Waals surface area contributed by atoms with Crippen molar-refractivity contribution >= 4 is 22.4 Å². The molecule has 2 heterocycles. The van der Waals surface area contributed by atoms with E-state index in [0.29, 0.717) is 5.13 Å². The average molecular weight is 326 g/mol. The van der Waals surface area contributed by atoms with E-state index in [9.17, 15) is 4.79 Å². The Balaban J connectivity index is 1.75. The molecule has 1 N–H and O–H groups in total. The number of hydrogen-bond donors (Lipinski definition) is 1. The third-order valence-corrected chi connectivity index (χ3v) is 4.27. The van der Waals surface area contributed by atoms with E-state index >= 15 is 0 Å². The van der Waals surface area contributed by atoms with Crippen LogP contribution in [0.25, 0.3) is 11.3 Å². The fourth-order valence-corrected chi connectivity index (χ4v) is 2.89. The molecule has 0 fully saturated rings. The standard InChI is InChI=1S/C18H18N2O2S/c1-18(2,3)13-8-6-12(7-9-13)14-11-23-17(19-14)20-16(21)15-5-4-10-22-15/h4-11H,1-3H3,(H,19,20,21). The number of hydrogen-bond acceptors (Lipinski definition) is 4. The molecule has 0 radical (unpaired) electrons. The van der Waals surface area contributed by atoms with E-state index in [-0.39, 0.29) is 17.1 Å². The minimum Gasteiger partial charge on any atom is -0.459 e. The summed E-state index contributed by atoms with van der Waals surface area (Å²) in [6, 6.07) is 11.7. The molecule has 0 aliphatic heterocycles. The summed E-state index contributed by atoms with van der Waals surface area (Å²) >= 11 is 1.40. The Morgan fingerprint density at radius 1 is 1.17 bits per heavy atom. The first kappa shape index (κ1) is 15.5. The zero-order chi connectivity index (χ0) is 16.4. The number of benzene rings is 1. The molecule has 0 unspecified atom stereocenters. The van der Waals surface area contributed by atoms with Crippen molar-refractivity contribution in [2.75, 3.05) is 5.32 Å². The zero-order valence-electron chi connectivity index (χ0n) is 13.3. The van der Waals surface area contributed by atoms with Crippen molar-refractivity contribution in [3.05, 3.63) is 59.4 Å². The molecule has 0 atom stereocenters. The molecule has 0 bridgehead atoms. The Labute approximate surface area is 139 Å². The molecule has 5 heteroatoms. The van der Waals surface area contributed by atoms with Crippen LogP contribution in [0.3, 0.4) is 0 Å². The Hall–Kier alpha value is -2.40. The summed E-state index contributed by atoms with van der Waals surface area (Å²) in [6.07, 6.45) is 1.47. The quantitative estimate of drug-likeness (QED) is 0.740. The maximum absolute atomic E-state index is 11.9. The van der Waals surface area contributed by atoms with Gasteiger partial charge in [-0.15, -0.1) is 11.3 Å². The highest BCUT2D eigenvalue weighted by Gasteiger charge is 2.14. The van der Waals surface area contributed by atoms with Gasteiger partial charge in [0.2, 0.25) is 0 Å². The summed E-state index contributed by atoms with van der Waals surface area (Å²) in [4.78, 5) is 16.4. The fourth-order valence-electron chi connectivity index (χ4n) is 2.17. The van der Waals surface area contributed by atoms with Crippen LogP contribution in [0, 0.1) is 0 Å². The summed E-state index contributed by atoms with van der Waals surface area (Å²) in [5.41, 5.74) is 3.30. The molecule has 0 aliphatic rings. The number of furan rings is 1. The van der Waals surface area contributed by atoms with Crippen molar-refractivity contribution in [2.24, 2.45) is 0 Å². The van der Waals surface area contributed by atoms with Gasteiger partial charge in [0.05, 0.1) is 12.0 Å². The van der Waals surface area contributed by atoms with Gasteiger partial charge >= 0.3 is 0 Å². The van der Waals surface area contributed by atoms with Gasteiger partial charge in [-0.2, -0.15) is 0 Å². The highest BCUT2D eigenvalue weighted by atomic mass is 32.1. The van der Waals surface area contributed by atoms with Gasteiger partial charge in [-0.3, -0.25) is 10.1 Å². The number of anilines is 1. The Bertz CT molecular complexity index is 796. The van der Waals surface area contributed by atoms with Crippen molar-refractivity contribution in [3.63, 3.8) is 0 Å². The molecule has 3 rings (SSSR count). The normalized spacial score (nSPS) is 11.4. The van der Waals surface area contributed by atoms with Crippen molar-refractivity contribution < 1.29 is 9.21 Å². The summed E-state index contributed by atoms with van der Waals surface area (Å²) in [6.45, 7) is 6.56. The van der Waals surface area contributed by atoms with Crippen LogP contribution < -0.4 is 5.32 Å². The van der Waals surface area contributed by atoms with Crippen molar-refractivity contribution in [1.82, 2.24) is 4.98 Å². The third-order valence-electron chi connectivity index (χ3n) is 3.52. The molecule has 0 saturated carbocycles. The minimum absolute atomic E-state index is 0.128. The SMILES string of the molecule is CC(C)(C)c1ccc(-c2csc(NC(=O)c3ccco3)n2)cc1. The maximum atomic E-state index is 11.9. The van der Waals surface area contributed by atoms with Crippen molar-refractivity contribution in [2.45, 2.75) is 26.2 Å². The highest BCUT2D eigenvalue weighted by Crippen LogP contribution is 2.28. The predicted octanol–water partition coefficient (Wildman–Crippen LogP) is 4.95. The van der Waals surface area contributed by atoms with Crippen molar-refractivity contribution in [3.8, 4) is 11.3 Å². The second-order valence-electron chi connectivity index (χ2n) is 6.30. The largest absolute Gasteiger partial charge is 0.459 e. The van der Waals surface area contributed by atoms with E-state index in [1.54, 1.807) is 12.1 Å². The topological polar surface area (TPSA) is 55.1 Å². The van der Waals surface area contributed by atoms with Gasteiger partial charge < -0.3 is 4.42 Å². The van der Waals surface area contributed by atoms with E-state index in [1.807, 2.05) is 5.38 Å². The Morgan fingerprint density at radius 2 is 1.91 bits per heavy atom. The first-order valence-corrected chi connectivity index (χ1v) is 8.23. The van der Waals surface area contributed by atoms with E-state index in [4.69, 9.17) is 4.42 Å². The van der Waals surface area contributed by atoms with E-state index in [0.717, 1.165) is 11.3 Å². The smallest absolute Gasteiger partial charge is 0.293 e. The Kier molecular flexibility index (Phi) is 4.05. The first-order valence-electron chi connectivity index (χ1n) is 7.35. The average Bonchev–Trinajstić information content (AvgIpc) is 3.18. The molecule has 1 amide bonds. The van der Waals surface area contributed by atoms with Crippen LogP contribution in [-0.2, 0) is 5.41 Å². The predicted molar refractivity (Wildman–Crippen MR) is 92.9 cm³/mol. The lowest BCUT2D eigenvalue weighted by Gasteiger charge is -2.18. The van der Waals surface area contributed by atoms with Crippen LogP contribution in [-0.4, -0.2) is 10.9 Å². The molecular formula is C18H18N2O2S. The fraction of sp³-hybridized carbons (Fsp3) is 0.222. The number of carbonyl (C=O) groups is 1. The molecule has 118 valence electrons.